The molecule has 0 aliphatic carbocycles. The first kappa shape index (κ1) is 18.3. The first-order valence-electron chi connectivity index (χ1n) is 8.46. The van der Waals surface area contributed by atoms with Crippen LogP contribution in [0.1, 0.15) is 58.6 Å². The maximum atomic E-state index is 14.9. The number of hydrogen-bond donors (Lipinski definition) is 0. The second-order valence-corrected chi connectivity index (χ2v) is 7.94. The first-order chi connectivity index (χ1) is 10.5. The Morgan fingerprint density at radius 2 is 1.57 bits per heavy atom. The summed E-state index contributed by atoms with van der Waals surface area (Å²) in [6.07, 6.45) is 0.814. The fraction of sp³-hybridized carbons (Fsp3) is 0.684. The van der Waals surface area contributed by atoms with Crippen LogP contribution in [0.3, 0.4) is 0 Å². The van der Waals surface area contributed by atoms with Crippen molar-refractivity contribution in [1.82, 2.24) is 4.90 Å². The number of rotatable bonds is 3. The molecule has 0 unspecified atom stereocenters. The van der Waals surface area contributed by atoms with Crippen LogP contribution in [0.5, 0.6) is 0 Å². The van der Waals surface area contributed by atoms with Gasteiger partial charge in [0, 0.05) is 12.0 Å². The summed E-state index contributed by atoms with van der Waals surface area (Å²) in [6.45, 7) is 11.0. The molecule has 0 aromatic heterocycles. The van der Waals surface area contributed by atoms with Gasteiger partial charge in [-0.2, -0.15) is 0 Å². The lowest BCUT2D eigenvalue weighted by molar-refractivity contribution is -0.0900. The highest BCUT2D eigenvalue weighted by Gasteiger charge is 2.45. The fourth-order valence-corrected chi connectivity index (χ4v) is 3.37. The van der Waals surface area contributed by atoms with E-state index in [2.05, 4.69) is 18.7 Å². The van der Waals surface area contributed by atoms with E-state index in [0.717, 1.165) is 0 Å². The minimum atomic E-state index is -3.12. The van der Waals surface area contributed by atoms with Crippen molar-refractivity contribution in [3.63, 3.8) is 0 Å². The fourth-order valence-electron chi connectivity index (χ4n) is 3.37. The number of benzene rings is 1. The Kier molecular flexibility index (Phi) is 5.15. The van der Waals surface area contributed by atoms with Gasteiger partial charge in [0.1, 0.15) is 5.82 Å². The Labute approximate surface area is 137 Å². The highest BCUT2D eigenvalue weighted by molar-refractivity contribution is 5.34. The van der Waals surface area contributed by atoms with Crippen molar-refractivity contribution in [2.24, 2.45) is 5.92 Å². The third-order valence-corrected chi connectivity index (χ3v) is 4.94. The van der Waals surface area contributed by atoms with Crippen LogP contribution in [0, 0.1) is 11.7 Å². The van der Waals surface area contributed by atoms with Crippen LogP contribution in [0.15, 0.2) is 18.2 Å². The molecule has 0 N–H and O–H groups in total. The largest absolute Gasteiger partial charge is 0.301 e. The Hall–Kier alpha value is -1.03. The van der Waals surface area contributed by atoms with Crippen LogP contribution in [0.4, 0.5) is 13.2 Å². The van der Waals surface area contributed by atoms with E-state index in [4.69, 9.17) is 0 Å². The standard InChI is InChI=1S/C19H28F3N/c1-13(2)23-11-9-14(10-12-23)19(21,22)16-8-6-7-15(17(16)20)18(3,4)5/h6-8,13-14H,9-12H2,1-5H3. The van der Waals surface area contributed by atoms with Crippen molar-refractivity contribution in [3.8, 4) is 0 Å². The first-order valence-corrected chi connectivity index (χ1v) is 8.46. The topological polar surface area (TPSA) is 3.24 Å². The second kappa shape index (κ2) is 6.46. The molecule has 0 spiro atoms. The third kappa shape index (κ3) is 3.73. The summed E-state index contributed by atoms with van der Waals surface area (Å²) in [6, 6.07) is 4.77. The molecule has 0 atom stereocenters. The molecule has 0 radical (unpaired) electrons. The van der Waals surface area contributed by atoms with E-state index < -0.39 is 28.6 Å². The van der Waals surface area contributed by atoms with Gasteiger partial charge < -0.3 is 4.90 Å². The Bertz CT molecular complexity index is 538. The Morgan fingerprint density at radius 1 is 1.04 bits per heavy atom. The molecule has 0 amide bonds. The molecule has 1 aromatic rings. The van der Waals surface area contributed by atoms with E-state index in [9.17, 15) is 13.2 Å². The van der Waals surface area contributed by atoms with Crippen LogP contribution in [0.25, 0.3) is 0 Å². The summed E-state index contributed by atoms with van der Waals surface area (Å²) in [4.78, 5) is 2.20. The van der Waals surface area contributed by atoms with Gasteiger partial charge in [0.15, 0.2) is 0 Å². The molecule has 1 heterocycles. The van der Waals surface area contributed by atoms with Gasteiger partial charge in [-0.05, 0) is 50.8 Å². The van der Waals surface area contributed by atoms with Gasteiger partial charge in [0.05, 0.1) is 5.56 Å². The SMILES string of the molecule is CC(C)N1CCC(C(F)(F)c2cccc(C(C)(C)C)c2F)CC1. The van der Waals surface area contributed by atoms with Gasteiger partial charge in [-0.3, -0.25) is 0 Å². The number of likely N-dealkylation sites (tertiary alicyclic amines) is 1. The summed E-state index contributed by atoms with van der Waals surface area (Å²) < 4.78 is 44.6. The van der Waals surface area contributed by atoms with Gasteiger partial charge in [-0.1, -0.05) is 39.0 Å². The second-order valence-electron chi connectivity index (χ2n) is 7.94. The molecular formula is C19H28F3N. The smallest absolute Gasteiger partial charge is 0.278 e. The van der Waals surface area contributed by atoms with Crippen molar-refractivity contribution < 1.29 is 13.2 Å². The average Bonchev–Trinajstić information content (AvgIpc) is 2.46. The lowest BCUT2D eigenvalue weighted by Gasteiger charge is -2.38. The highest BCUT2D eigenvalue weighted by atomic mass is 19.3. The van der Waals surface area contributed by atoms with Crippen LogP contribution in [-0.4, -0.2) is 24.0 Å². The quantitative estimate of drug-likeness (QED) is 0.725. The van der Waals surface area contributed by atoms with Gasteiger partial charge in [-0.25, -0.2) is 13.2 Å². The summed E-state index contributed by atoms with van der Waals surface area (Å²) in [5.41, 5.74) is -0.570. The zero-order valence-corrected chi connectivity index (χ0v) is 14.8. The maximum Gasteiger partial charge on any atom is 0.278 e. The van der Waals surface area contributed by atoms with Gasteiger partial charge >= 0.3 is 0 Å². The normalized spacial score (nSPS) is 18.7. The maximum absolute atomic E-state index is 14.9. The van der Waals surface area contributed by atoms with Crippen LogP contribution >= 0.6 is 0 Å². The van der Waals surface area contributed by atoms with Crippen LogP contribution in [-0.2, 0) is 11.3 Å². The van der Waals surface area contributed by atoms with E-state index in [1.54, 1.807) is 12.1 Å². The molecule has 1 aliphatic rings. The van der Waals surface area contributed by atoms with Crippen molar-refractivity contribution >= 4 is 0 Å². The zero-order chi connectivity index (χ0) is 17.4. The summed E-state index contributed by atoms with van der Waals surface area (Å²) >= 11 is 0. The predicted octanol–water partition coefficient (Wildman–Crippen LogP) is 5.34. The number of halogens is 3. The van der Waals surface area contributed by atoms with E-state index in [1.807, 2.05) is 20.8 Å². The number of alkyl halides is 2. The molecule has 1 saturated heterocycles. The average molecular weight is 327 g/mol. The molecule has 0 bridgehead atoms. The van der Waals surface area contributed by atoms with E-state index >= 15 is 0 Å². The van der Waals surface area contributed by atoms with Gasteiger partial charge in [0.2, 0.25) is 0 Å². The summed E-state index contributed by atoms with van der Waals surface area (Å²) in [5.74, 6) is -4.65. The molecule has 1 aromatic carbocycles. The lowest BCUT2D eigenvalue weighted by Crippen LogP contribution is -2.42. The molecule has 0 saturated carbocycles. The molecule has 2 rings (SSSR count). The summed E-state index contributed by atoms with van der Waals surface area (Å²) in [7, 11) is 0. The molecule has 23 heavy (non-hydrogen) atoms. The van der Waals surface area contributed by atoms with Crippen LogP contribution in [0.2, 0.25) is 0 Å². The van der Waals surface area contributed by atoms with Gasteiger partial charge in [0.25, 0.3) is 5.92 Å². The minimum absolute atomic E-state index is 0.356. The van der Waals surface area contributed by atoms with E-state index in [-0.39, 0.29) is 0 Å². The molecular weight excluding hydrogens is 299 g/mol. The third-order valence-electron chi connectivity index (χ3n) is 4.94. The van der Waals surface area contributed by atoms with Crippen molar-refractivity contribution in [2.75, 3.05) is 13.1 Å². The van der Waals surface area contributed by atoms with Crippen molar-refractivity contribution in [2.45, 2.75) is 64.8 Å². The molecule has 1 fully saturated rings. The molecule has 130 valence electrons. The highest BCUT2D eigenvalue weighted by Crippen LogP contribution is 2.44. The predicted molar refractivity (Wildman–Crippen MR) is 88.4 cm³/mol. The number of nitrogens with zero attached hydrogens (tertiary/aromatic N) is 1. The molecule has 4 heteroatoms. The zero-order valence-electron chi connectivity index (χ0n) is 14.8. The van der Waals surface area contributed by atoms with E-state index in [0.29, 0.717) is 37.5 Å². The van der Waals surface area contributed by atoms with E-state index in [1.165, 1.54) is 6.07 Å². The monoisotopic (exact) mass is 327 g/mol. The lowest BCUT2D eigenvalue weighted by atomic mass is 9.81. The summed E-state index contributed by atoms with van der Waals surface area (Å²) in [5, 5.41) is 0. The molecule has 1 aliphatic heterocycles. The van der Waals surface area contributed by atoms with Crippen molar-refractivity contribution in [1.29, 1.82) is 0 Å². The number of hydrogen-bond acceptors (Lipinski definition) is 1. The van der Waals surface area contributed by atoms with Crippen LogP contribution < -0.4 is 0 Å². The Balaban J connectivity index is 2.27. The minimum Gasteiger partial charge on any atom is -0.301 e. The number of piperidine rings is 1. The van der Waals surface area contributed by atoms with Gasteiger partial charge in [-0.15, -0.1) is 0 Å². The van der Waals surface area contributed by atoms with Crippen molar-refractivity contribution in [3.05, 3.63) is 35.1 Å². The Morgan fingerprint density at radius 3 is 2.04 bits per heavy atom. The molecule has 1 nitrogen and oxygen atoms in total.